The van der Waals surface area contributed by atoms with Crippen molar-refractivity contribution in [1.82, 2.24) is 4.90 Å². The third kappa shape index (κ3) is 4.33. The summed E-state index contributed by atoms with van der Waals surface area (Å²) in [7, 11) is 0. The van der Waals surface area contributed by atoms with Gasteiger partial charge in [-0.25, -0.2) is 0 Å². The van der Waals surface area contributed by atoms with Crippen LogP contribution in [0.2, 0.25) is 0 Å². The van der Waals surface area contributed by atoms with Crippen LogP contribution in [0.25, 0.3) is 0 Å². The Morgan fingerprint density at radius 2 is 1.56 bits per heavy atom. The van der Waals surface area contributed by atoms with Gasteiger partial charge in [0.05, 0.1) is 13.3 Å². The number of hydrogen-bond acceptors (Lipinski definition) is 2. The smallest absolute Gasteiger partial charge is 0.0999 e. The van der Waals surface area contributed by atoms with Crippen LogP contribution in [-0.2, 0) is 11.3 Å². The van der Waals surface area contributed by atoms with E-state index >= 15 is 0 Å². The summed E-state index contributed by atoms with van der Waals surface area (Å²) < 4.78 is 5.73. The second-order valence-corrected chi connectivity index (χ2v) is 4.66. The normalized spacial score (nSPS) is 11.7. The van der Waals surface area contributed by atoms with Crippen molar-refractivity contribution >= 4 is 0 Å². The lowest BCUT2D eigenvalue weighted by Gasteiger charge is -2.29. The standard InChI is InChI=1S/C14H23NO/c1-12(2)15(13(3)4)11-16-10-14-8-6-5-7-9-14/h5-9,12-13H,10-11H2,1-4H3. The van der Waals surface area contributed by atoms with Crippen LogP contribution in [0.5, 0.6) is 0 Å². The van der Waals surface area contributed by atoms with Gasteiger partial charge in [0.25, 0.3) is 0 Å². The maximum atomic E-state index is 5.73. The molecule has 0 aromatic heterocycles. The Bertz CT molecular complexity index is 274. The lowest BCUT2D eigenvalue weighted by Crippen LogP contribution is -2.38. The Balaban J connectivity index is 2.34. The van der Waals surface area contributed by atoms with Gasteiger partial charge < -0.3 is 4.74 Å². The van der Waals surface area contributed by atoms with E-state index in [9.17, 15) is 0 Å². The van der Waals surface area contributed by atoms with Crippen LogP contribution >= 0.6 is 0 Å². The molecule has 0 aliphatic carbocycles. The number of hydrogen-bond donors (Lipinski definition) is 0. The van der Waals surface area contributed by atoms with Crippen LogP contribution < -0.4 is 0 Å². The van der Waals surface area contributed by atoms with Crippen LogP contribution in [0, 0.1) is 0 Å². The van der Waals surface area contributed by atoms with E-state index < -0.39 is 0 Å². The molecule has 0 spiro atoms. The van der Waals surface area contributed by atoms with Crippen LogP contribution in [0.1, 0.15) is 33.3 Å². The van der Waals surface area contributed by atoms with Gasteiger partial charge in [0, 0.05) is 12.1 Å². The molecule has 0 radical (unpaired) electrons. The van der Waals surface area contributed by atoms with Gasteiger partial charge in [-0.1, -0.05) is 30.3 Å². The van der Waals surface area contributed by atoms with E-state index in [4.69, 9.17) is 4.74 Å². The van der Waals surface area contributed by atoms with Crippen LogP contribution in [0.3, 0.4) is 0 Å². The van der Waals surface area contributed by atoms with E-state index in [0.29, 0.717) is 25.4 Å². The molecule has 16 heavy (non-hydrogen) atoms. The summed E-state index contributed by atoms with van der Waals surface area (Å²) in [5.74, 6) is 0. The molecule has 0 fully saturated rings. The number of rotatable bonds is 6. The molecule has 0 unspecified atom stereocenters. The van der Waals surface area contributed by atoms with Gasteiger partial charge in [-0.15, -0.1) is 0 Å². The monoisotopic (exact) mass is 221 g/mol. The summed E-state index contributed by atoms with van der Waals surface area (Å²) in [6.07, 6.45) is 0. The predicted molar refractivity (Wildman–Crippen MR) is 68.2 cm³/mol. The second kappa shape index (κ2) is 6.66. The maximum Gasteiger partial charge on any atom is 0.0999 e. The van der Waals surface area contributed by atoms with E-state index in [0.717, 1.165) is 0 Å². The molecule has 0 atom stereocenters. The minimum Gasteiger partial charge on any atom is -0.361 e. The summed E-state index contributed by atoms with van der Waals surface area (Å²) in [6, 6.07) is 11.3. The van der Waals surface area contributed by atoms with Crippen molar-refractivity contribution in [3.8, 4) is 0 Å². The van der Waals surface area contributed by atoms with Gasteiger partial charge in [-0.3, -0.25) is 4.90 Å². The van der Waals surface area contributed by atoms with Gasteiger partial charge in [-0.05, 0) is 33.3 Å². The fraction of sp³-hybridized carbons (Fsp3) is 0.571. The summed E-state index contributed by atoms with van der Waals surface area (Å²) in [6.45, 7) is 10.2. The summed E-state index contributed by atoms with van der Waals surface area (Å²) >= 11 is 0. The lowest BCUT2D eigenvalue weighted by atomic mass is 10.2. The van der Waals surface area contributed by atoms with E-state index in [-0.39, 0.29) is 0 Å². The Hall–Kier alpha value is -0.860. The highest BCUT2D eigenvalue weighted by molar-refractivity contribution is 5.13. The van der Waals surface area contributed by atoms with E-state index in [1.54, 1.807) is 0 Å². The van der Waals surface area contributed by atoms with Crippen molar-refractivity contribution in [2.45, 2.75) is 46.4 Å². The first kappa shape index (κ1) is 13.2. The molecule has 1 aromatic carbocycles. The first-order valence-corrected chi connectivity index (χ1v) is 5.98. The molecule has 90 valence electrons. The van der Waals surface area contributed by atoms with Crippen molar-refractivity contribution in [3.05, 3.63) is 35.9 Å². The molecule has 2 nitrogen and oxygen atoms in total. The van der Waals surface area contributed by atoms with Gasteiger partial charge in [0.1, 0.15) is 0 Å². The summed E-state index contributed by atoms with van der Waals surface area (Å²) in [4.78, 5) is 2.34. The minimum atomic E-state index is 0.524. The Morgan fingerprint density at radius 1 is 1.00 bits per heavy atom. The van der Waals surface area contributed by atoms with Crippen molar-refractivity contribution in [2.75, 3.05) is 6.73 Å². The van der Waals surface area contributed by atoms with Crippen LogP contribution in [0.4, 0.5) is 0 Å². The van der Waals surface area contributed by atoms with Crippen molar-refractivity contribution in [1.29, 1.82) is 0 Å². The number of ether oxygens (including phenoxy) is 1. The molecule has 0 aliphatic rings. The lowest BCUT2D eigenvalue weighted by molar-refractivity contribution is -0.0135. The molecule has 0 saturated carbocycles. The van der Waals surface area contributed by atoms with Crippen molar-refractivity contribution in [3.63, 3.8) is 0 Å². The molecule has 0 saturated heterocycles. The molecule has 1 aromatic rings. The highest BCUT2D eigenvalue weighted by Gasteiger charge is 2.12. The molecule has 1 rings (SSSR count). The highest BCUT2D eigenvalue weighted by atomic mass is 16.5. The number of benzene rings is 1. The van der Waals surface area contributed by atoms with E-state index in [2.05, 4.69) is 44.7 Å². The van der Waals surface area contributed by atoms with Gasteiger partial charge in [-0.2, -0.15) is 0 Å². The second-order valence-electron chi connectivity index (χ2n) is 4.66. The van der Waals surface area contributed by atoms with Gasteiger partial charge in [0.15, 0.2) is 0 Å². The summed E-state index contributed by atoms with van der Waals surface area (Å²) in [5.41, 5.74) is 1.23. The predicted octanol–water partition coefficient (Wildman–Crippen LogP) is 3.28. The first-order valence-electron chi connectivity index (χ1n) is 5.98. The number of nitrogens with zero attached hydrogens (tertiary/aromatic N) is 1. The molecule has 0 N–H and O–H groups in total. The third-order valence-electron chi connectivity index (χ3n) is 2.68. The quantitative estimate of drug-likeness (QED) is 0.684. The Morgan fingerprint density at radius 3 is 2.06 bits per heavy atom. The molecular weight excluding hydrogens is 198 g/mol. The van der Waals surface area contributed by atoms with Gasteiger partial charge >= 0.3 is 0 Å². The largest absolute Gasteiger partial charge is 0.361 e. The summed E-state index contributed by atoms with van der Waals surface area (Å²) in [5, 5.41) is 0. The zero-order valence-corrected chi connectivity index (χ0v) is 10.8. The minimum absolute atomic E-state index is 0.524. The third-order valence-corrected chi connectivity index (χ3v) is 2.68. The average Bonchev–Trinajstić information content (AvgIpc) is 2.24. The van der Waals surface area contributed by atoms with Crippen LogP contribution in [0.15, 0.2) is 30.3 Å². The van der Waals surface area contributed by atoms with Crippen molar-refractivity contribution < 1.29 is 4.74 Å². The zero-order valence-electron chi connectivity index (χ0n) is 10.8. The molecular formula is C14H23NO. The Labute approximate surface area is 99.2 Å². The topological polar surface area (TPSA) is 12.5 Å². The molecule has 0 amide bonds. The van der Waals surface area contributed by atoms with E-state index in [1.165, 1.54) is 5.56 Å². The zero-order chi connectivity index (χ0) is 12.0. The average molecular weight is 221 g/mol. The van der Waals surface area contributed by atoms with E-state index in [1.807, 2.05) is 18.2 Å². The SMILES string of the molecule is CC(C)N(COCc1ccccc1)C(C)C. The molecule has 2 heteroatoms. The maximum absolute atomic E-state index is 5.73. The molecule has 0 bridgehead atoms. The molecule has 0 aliphatic heterocycles. The fourth-order valence-electron chi connectivity index (χ4n) is 1.74. The fourth-order valence-corrected chi connectivity index (χ4v) is 1.74. The first-order chi connectivity index (χ1) is 7.61. The van der Waals surface area contributed by atoms with Crippen molar-refractivity contribution in [2.24, 2.45) is 0 Å². The molecule has 0 heterocycles. The Kier molecular flexibility index (Phi) is 5.50. The van der Waals surface area contributed by atoms with Gasteiger partial charge in [0.2, 0.25) is 0 Å². The highest BCUT2D eigenvalue weighted by Crippen LogP contribution is 2.06. The van der Waals surface area contributed by atoms with Crippen LogP contribution in [-0.4, -0.2) is 23.7 Å².